The molecule has 88 valence electrons. The zero-order valence-electron chi connectivity index (χ0n) is 9.27. The molecule has 0 aliphatic carbocycles. The first-order chi connectivity index (χ1) is 7.68. The largest absolute Gasteiger partial charge is 0.480 e. The van der Waals surface area contributed by atoms with Gasteiger partial charge in [-0.25, -0.2) is 0 Å². The number of carboxylic acids is 1. The number of aliphatic carboxylic acids is 1. The number of carbonyl (C=O) groups is 1. The fourth-order valence-corrected chi connectivity index (χ4v) is 3.00. The summed E-state index contributed by atoms with van der Waals surface area (Å²) in [5.41, 5.74) is 0. The van der Waals surface area contributed by atoms with E-state index in [-0.39, 0.29) is 0 Å². The molecule has 0 bridgehead atoms. The zero-order valence-corrected chi connectivity index (χ0v) is 10.1. The molecule has 2 heterocycles. The van der Waals surface area contributed by atoms with E-state index in [9.17, 15) is 9.90 Å². The number of piperazine rings is 1. The summed E-state index contributed by atoms with van der Waals surface area (Å²) in [6, 6.07) is 3.44. The van der Waals surface area contributed by atoms with Crippen LogP contribution in [-0.4, -0.2) is 42.2 Å². The highest BCUT2D eigenvalue weighted by atomic mass is 32.1. The highest BCUT2D eigenvalue weighted by molar-refractivity contribution is 7.12. The van der Waals surface area contributed by atoms with Crippen LogP contribution in [0, 0.1) is 6.92 Å². The van der Waals surface area contributed by atoms with Crippen LogP contribution in [0.3, 0.4) is 0 Å². The van der Waals surface area contributed by atoms with Crippen molar-refractivity contribution in [2.24, 2.45) is 0 Å². The fourth-order valence-electron chi connectivity index (χ4n) is 2.00. The highest BCUT2D eigenvalue weighted by Crippen LogP contribution is 2.28. The molecule has 1 aliphatic rings. The van der Waals surface area contributed by atoms with Crippen molar-refractivity contribution in [2.45, 2.75) is 13.0 Å². The molecule has 0 aromatic carbocycles. The molecular weight excluding hydrogens is 224 g/mol. The highest BCUT2D eigenvalue weighted by Gasteiger charge is 2.29. The predicted molar refractivity (Wildman–Crippen MR) is 63.9 cm³/mol. The van der Waals surface area contributed by atoms with E-state index in [0.29, 0.717) is 0 Å². The summed E-state index contributed by atoms with van der Waals surface area (Å²) in [6.07, 6.45) is 0. The molecule has 1 aromatic rings. The van der Waals surface area contributed by atoms with Gasteiger partial charge in [-0.3, -0.25) is 9.69 Å². The molecule has 1 aromatic heterocycles. The van der Waals surface area contributed by atoms with Gasteiger partial charge < -0.3 is 10.4 Å². The van der Waals surface area contributed by atoms with E-state index < -0.39 is 12.0 Å². The first-order valence-corrected chi connectivity index (χ1v) is 6.24. The van der Waals surface area contributed by atoms with Crippen LogP contribution in [-0.2, 0) is 4.79 Å². The van der Waals surface area contributed by atoms with Crippen molar-refractivity contribution in [2.75, 3.05) is 26.2 Å². The average molecular weight is 240 g/mol. The summed E-state index contributed by atoms with van der Waals surface area (Å²) in [7, 11) is 0. The third kappa shape index (κ3) is 2.42. The monoisotopic (exact) mass is 240 g/mol. The van der Waals surface area contributed by atoms with E-state index >= 15 is 0 Å². The summed E-state index contributed by atoms with van der Waals surface area (Å²) in [4.78, 5) is 15.5. The molecule has 0 saturated carbocycles. The number of nitrogens with zero attached hydrogens (tertiary/aromatic N) is 1. The quantitative estimate of drug-likeness (QED) is 0.830. The molecule has 0 radical (unpaired) electrons. The van der Waals surface area contributed by atoms with Crippen LogP contribution >= 0.6 is 11.3 Å². The fraction of sp³-hybridized carbons (Fsp3) is 0.545. The Hall–Kier alpha value is -0.910. The summed E-state index contributed by atoms with van der Waals surface area (Å²) >= 11 is 1.57. The molecule has 1 atom stereocenters. The zero-order chi connectivity index (χ0) is 11.5. The molecule has 1 fully saturated rings. The second kappa shape index (κ2) is 4.95. The van der Waals surface area contributed by atoms with Gasteiger partial charge in [0.2, 0.25) is 0 Å². The standard InChI is InChI=1S/C11H16N2O2S/c1-8-2-3-9(16-8)10(11(14)15)13-6-4-12-5-7-13/h2-3,10,12H,4-7H2,1H3,(H,14,15). The van der Waals surface area contributed by atoms with Gasteiger partial charge in [-0.1, -0.05) is 0 Å². The molecular formula is C11H16N2O2S. The van der Waals surface area contributed by atoms with Crippen LogP contribution in [0.25, 0.3) is 0 Å². The third-order valence-corrected chi connectivity index (χ3v) is 3.83. The first kappa shape index (κ1) is 11.6. The van der Waals surface area contributed by atoms with Gasteiger partial charge in [0.05, 0.1) is 0 Å². The second-order valence-corrected chi connectivity index (χ2v) is 5.29. The van der Waals surface area contributed by atoms with Gasteiger partial charge in [-0.15, -0.1) is 11.3 Å². The second-order valence-electron chi connectivity index (χ2n) is 3.98. The molecule has 5 heteroatoms. The van der Waals surface area contributed by atoms with Crippen molar-refractivity contribution in [3.63, 3.8) is 0 Å². The van der Waals surface area contributed by atoms with Crippen LogP contribution in [0.2, 0.25) is 0 Å². The Balaban J connectivity index is 2.19. The van der Waals surface area contributed by atoms with Crippen molar-refractivity contribution in [3.8, 4) is 0 Å². The molecule has 2 N–H and O–H groups in total. The predicted octanol–water partition coefficient (Wildman–Crippen LogP) is 1.09. The number of aryl methyl sites for hydroxylation is 1. The van der Waals surface area contributed by atoms with Gasteiger partial charge in [0.1, 0.15) is 6.04 Å². The number of hydrogen-bond acceptors (Lipinski definition) is 4. The Morgan fingerprint density at radius 2 is 2.19 bits per heavy atom. The van der Waals surface area contributed by atoms with Gasteiger partial charge in [-0.2, -0.15) is 0 Å². The molecule has 1 saturated heterocycles. The normalized spacial score (nSPS) is 19.6. The lowest BCUT2D eigenvalue weighted by Gasteiger charge is -2.31. The lowest BCUT2D eigenvalue weighted by molar-refractivity contribution is -0.143. The Morgan fingerprint density at radius 3 is 2.69 bits per heavy atom. The minimum absolute atomic E-state index is 0.471. The number of carboxylic acid groups (broad SMARTS) is 1. The first-order valence-electron chi connectivity index (χ1n) is 5.42. The third-order valence-electron chi connectivity index (χ3n) is 2.78. The van der Waals surface area contributed by atoms with E-state index in [4.69, 9.17) is 0 Å². The smallest absolute Gasteiger partial charge is 0.326 e. The summed E-state index contributed by atoms with van der Waals surface area (Å²) in [5.74, 6) is -0.747. The number of rotatable bonds is 3. The van der Waals surface area contributed by atoms with Crippen LogP contribution in [0.1, 0.15) is 15.8 Å². The van der Waals surface area contributed by atoms with E-state index in [0.717, 1.165) is 35.9 Å². The average Bonchev–Trinajstić information content (AvgIpc) is 2.66. The van der Waals surface area contributed by atoms with Crippen molar-refractivity contribution in [1.82, 2.24) is 10.2 Å². The molecule has 0 amide bonds. The van der Waals surface area contributed by atoms with E-state index in [1.54, 1.807) is 11.3 Å². The molecule has 16 heavy (non-hydrogen) atoms. The molecule has 4 nitrogen and oxygen atoms in total. The van der Waals surface area contributed by atoms with Crippen molar-refractivity contribution >= 4 is 17.3 Å². The van der Waals surface area contributed by atoms with Crippen molar-refractivity contribution in [3.05, 3.63) is 21.9 Å². The topological polar surface area (TPSA) is 52.6 Å². The van der Waals surface area contributed by atoms with Crippen LogP contribution in [0.4, 0.5) is 0 Å². The summed E-state index contributed by atoms with van der Waals surface area (Å²) in [6.45, 7) is 5.34. The Bertz CT molecular complexity index is 372. The van der Waals surface area contributed by atoms with E-state index in [1.165, 1.54) is 0 Å². The molecule has 1 unspecified atom stereocenters. The van der Waals surface area contributed by atoms with Crippen LogP contribution in [0.15, 0.2) is 12.1 Å². The van der Waals surface area contributed by atoms with Gasteiger partial charge in [0.25, 0.3) is 0 Å². The summed E-state index contributed by atoms with van der Waals surface area (Å²) < 4.78 is 0. The summed E-state index contributed by atoms with van der Waals surface area (Å²) in [5, 5.41) is 12.6. The molecule has 1 aliphatic heterocycles. The molecule has 2 rings (SSSR count). The minimum Gasteiger partial charge on any atom is -0.480 e. The van der Waals surface area contributed by atoms with Gasteiger partial charge in [-0.05, 0) is 19.1 Å². The van der Waals surface area contributed by atoms with Gasteiger partial charge in [0, 0.05) is 35.9 Å². The lowest BCUT2D eigenvalue weighted by Crippen LogP contribution is -2.46. The van der Waals surface area contributed by atoms with Gasteiger partial charge in [0.15, 0.2) is 0 Å². The van der Waals surface area contributed by atoms with Crippen LogP contribution < -0.4 is 5.32 Å². The Kier molecular flexibility index (Phi) is 3.58. The van der Waals surface area contributed by atoms with Crippen LogP contribution in [0.5, 0.6) is 0 Å². The number of thiophene rings is 1. The minimum atomic E-state index is -0.747. The maximum atomic E-state index is 11.4. The maximum Gasteiger partial charge on any atom is 0.326 e. The molecule has 0 spiro atoms. The van der Waals surface area contributed by atoms with E-state index in [1.807, 2.05) is 24.0 Å². The number of hydrogen-bond donors (Lipinski definition) is 2. The Morgan fingerprint density at radius 1 is 1.50 bits per heavy atom. The van der Waals surface area contributed by atoms with Gasteiger partial charge >= 0.3 is 5.97 Å². The lowest BCUT2D eigenvalue weighted by atomic mass is 10.2. The Labute approximate surface area is 98.9 Å². The SMILES string of the molecule is Cc1ccc(C(C(=O)O)N2CCNCC2)s1. The van der Waals surface area contributed by atoms with E-state index in [2.05, 4.69) is 5.32 Å². The van der Waals surface area contributed by atoms with Crippen molar-refractivity contribution < 1.29 is 9.90 Å². The van der Waals surface area contributed by atoms with Crippen molar-refractivity contribution in [1.29, 1.82) is 0 Å². The maximum absolute atomic E-state index is 11.4. The number of nitrogens with one attached hydrogen (secondary N) is 1.